The van der Waals surface area contributed by atoms with Crippen LogP contribution in [0.2, 0.25) is 0 Å². The molecule has 3 rings (SSSR count). The van der Waals surface area contributed by atoms with Gasteiger partial charge in [0.05, 0.1) is 5.71 Å². The maximum absolute atomic E-state index is 12.1. The normalized spacial score (nSPS) is 11.2. The second kappa shape index (κ2) is 7.53. The molecule has 0 aromatic heterocycles. The van der Waals surface area contributed by atoms with Crippen molar-refractivity contribution in [2.75, 3.05) is 0 Å². The lowest BCUT2D eigenvalue weighted by molar-refractivity contribution is 0.0954. The van der Waals surface area contributed by atoms with Crippen LogP contribution in [0.4, 0.5) is 0 Å². The van der Waals surface area contributed by atoms with Crippen molar-refractivity contribution in [1.29, 1.82) is 0 Å². The number of nitrogens with zero attached hydrogens (tertiary/aromatic N) is 1. The first kappa shape index (κ1) is 17.2. The molecule has 0 aliphatic heterocycles. The van der Waals surface area contributed by atoms with Crippen molar-refractivity contribution in [3.05, 3.63) is 83.9 Å². The topological polar surface area (TPSA) is 81.9 Å². The summed E-state index contributed by atoms with van der Waals surface area (Å²) in [4.78, 5) is 12.1. The third-order valence-corrected chi connectivity index (χ3v) is 3.90. The number of nitrogens with one attached hydrogen (secondary N) is 1. The van der Waals surface area contributed by atoms with E-state index in [0.29, 0.717) is 5.71 Å². The van der Waals surface area contributed by atoms with Crippen LogP contribution >= 0.6 is 0 Å². The molecule has 5 nitrogen and oxygen atoms in total. The zero-order valence-corrected chi connectivity index (χ0v) is 14.2. The zero-order chi connectivity index (χ0) is 18.5. The van der Waals surface area contributed by atoms with Crippen LogP contribution < -0.4 is 5.43 Å². The van der Waals surface area contributed by atoms with Crippen LogP contribution in [0.5, 0.6) is 11.5 Å². The molecule has 0 bridgehead atoms. The summed E-state index contributed by atoms with van der Waals surface area (Å²) < 4.78 is 0. The standard InChI is InChI=1S/C21H18N2O3/c1-14(22-23-21(26)18-11-19(24)13-20(25)12-18)15-7-9-17(10-8-15)16-5-3-2-4-6-16/h2-13,24-25H,1H3,(H,23,26)/b22-14+. The predicted molar refractivity (Wildman–Crippen MR) is 101 cm³/mol. The van der Waals surface area contributed by atoms with E-state index < -0.39 is 5.91 Å². The SMILES string of the molecule is C/C(=N\NC(=O)c1cc(O)cc(O)c1)c1ccc(-c2ccccc2)cc1. The molecule has 0 aliphatic carbocycles. The van der Waals surface area contributed by atoms with Crippen molar-refractivity contribution in [1.82, 2.24) is 5.43 Å². The molecular formula is C21H18N2O3. The highest BCUT2D eigenvalue weighted by atomic mass is 16.3. The monoisotopic (exact) mass is 346 g/mol. The summed E-state index contributed by atoms with van der Waals surface area (Å²) in [5.41, 5.74) is 6.30. The highest BCUT2D eigenvalue weighted by molar-refractivity contribution is 6.01. The molecule has 1 amide bonds. The van der Waals surface area contributed by atoms with E-state index in [1.54, 1.807) is 6.92 Å². The highest BCUT2D eigenvalue weighted by Crippen LogP contribution is 2.21. The summed E-state index contributed by atoms with van der Waals surface area (Å²) in [7, 11) is 0. The summed E-state index contributed by atoms with van der Waals surface area (Å²) in [6.45, 7) is 1.79. The van der Waals surface area contributed by atoms with Crippen molar-refractivity contribution >= 4 is 11.6 Å². The van der Waals surface area contributed by atoms with Gasteiger partial charge in [0.25, 0.3) is 5.91 Å². The van der Waals surface area contributed by atoms with Crippen molar-refractivity contribution in [3.63, 3.8) is 0 Å². The van der Waals surface area contributed by atoms with Crippen molar-refractivity contribution < 1.29 is 15.0 Å². The van der Waals surface area contributed by atoms with Crippen LogP contribution in [0, 0.1) is 0 Å². The van der Waals surface area contributed by atoms with Gasteiger partial charge in [0, 0.05) is 11.6 Å². The molecule has 0 heterocycles. The van der Waals surface area contributed by atoms with E-state index in [-0.39, 0.29) is 17.1 Å². The van der Waals surface area contributed by atoms with E-state index >= 15 is 0 Å². The lowest BCUT2D eigenvalue weighted by atomic mass is 10.0. The third-order valence-electron chi connectivity index (χ3n) is 3.90. The number of hydrogen-bond acceptors (Lipinski definition) is 4. The number of phenolic OH excluding ortho intramolecular Hbond substituents is 2. The molecule has 0 radical (unpaired) electrons. The van der Waals surface area contributed by atoms with Crippen molar-refractivity contribution in [2.45, 2.75) is 6.92 Å². The Morgan fingerprint density at radius 2 is 1.38 bits per heavy atom. The molecule has 0 aliphatic rings. The molecule has 3 aromatic carbocycles. The van der Waals surface area contributed by atoms with Gasteiger partial charge in [0.15, 0.2) is 0 Å². The van der Waals surface area contributed by atoms with E-state index in [9.17, 15) is 15.0 Å². The van der Waals surface area contributed by atoms with Gasteiger partial charge in [0.1, 0.15) is 11.5 Å². The molecular weight excluding hydrogens is 328 g/mol. The average Bonchev–Trinajstić information content (AvgIpc) is 2.66. The maximum Gasteiger partial charge on any atom is 0.271 e. The van der Waals surface area contributed by atoms with Gasteiger partial charge < -0.3 is 10.2 Å². The first-order chi connectivity index (χ1) is 12.5. The van der Waals surface area contributed by atoms with Gasteiger partial charge in [-0.15, -0.1) is 0 Å². The van der Waals surface area contributed by atoms with Gasteiger partial charge in [-0.2, -0.15) is 5.10 Å². The van der Waals surface area contributed by atoms with E-state index in [1.165, 1.54) is 12.1 Å². The van der Waals surface area contributed by atoms with Crippen LogP contribution in [-0.4, -0.2) is 21.8 Å². The number of carbonyl (C=O) groups is 1. The molecule has 130 valence electrons. The van der Waals surface area contributed by atoms with Crippen LogP contribution in [-0.2, 0) is 0 Å². The molecule has 26 heavy (non-hydrogen) atoms. The van der Waals surface area contributed by atoms with Gasteiger partial charge in [-0.05, 0) is 35.7 Å². The predicted octanol–water partition coefficient (Wildman–Crippen LogP) is 3.92. The van der Waals surface area contributed by atoms with Crippen LogP contribution in [0.3, 0.4) is 0 Å². The van der Waals surface area contributed by atoms with E-state index in [1.807, 2.05) is 54.6 Å². The first-order valence-electron chi connectivity index (χ1n) is 8.06. The number of hydrogen-bond donors (Lipinski definition) is 3. The lowest BCUT2D eigenvalue weighted by Gasteiger charge is -2.06. The lowest BCUT2D eigenvalue weighted by Crippen LogP contribution is -2.19. The van der Waals surface area contributed by atoms with Crippen LogP contribution in [0.25, 0.3) is 11.1 Å². The minimum atomic E-state index is -0.517. The molecule has 3 N–H and O–H groups in total. The van der Waals surface area contributed by atoms with Crippen molar-refractivity contribution in [2.24, 2.45) is 5.10 Å². The summed E-state index contributed by atoms with van der Waals surface area (Å²) >= 11 is 0. The smallest absolute Gasteiger partial charge is 0.271 e. The minimum absolute atomic E-state index is 0.124. The van der Waals surface area contributed by atoms with Crippen LogP contribution in [0.1, 0.15) is 22.8 Å². The van der Waals surface area contributed by atoms with Crippen LogP contribution in [0.15, 0.2) is 77.9 Å². The second-order valence-electron chi connectivity index (χ2n) is 5.82. The van der Waals surface area contributed by atoms with Gasteiger partial charge in [-0.1, -0.05) is 54.6 Å². The third kappa shape index (κ3) is 4.08. The number of rotatable bonds is 4. The van der Waals surface area contributed by atoms with Gasteiger partial charge in [-0.25, -0.2) is 5.43 Å². The number of carbonyl (C=O) groups excluding carboxylic acids is 1. The molecule has 0 atom stereocenters. The second-order valence-corrected chi connectivity index (χ2v) is 5.82. The Balaban J connectivity index is 1.72. The first-order valence-corrected chi connectivity index (χ1v) is 8.06. The Morgan fingerprint density at radius 3 is 2.00 bits per heavy atom. The van der Waals surface area contributed by atoms with Gasteiger partial charge >= 0.3 is 0 Å². The number of aromatic hydroxyl groups is 2. The molecule has 0 saturated heterocycles. The van der Waals surface area contributed by atoms with E-state index in [0.717, 1.165) is 22.8 Å². The molecule has 3 aromatic rings. The zero-order valence-electron chi connectivity index (χ0n) is 14.2. The Morgan fingerprint density at radius 1 is 0.808 bits per heavy atom. The van der Waals surface area contributed by atoms with E-state index in [2.05, 4.69) is 10.5 Å². The minimum Gasteiger partial charge on any atom is -0.508 e. The molecule has 0 spiro atoms. The summed E-state index contributed by atoms with van der Waals surface area (Å²) in [6, 6.07) is 21.6. The van der Waals surface area contributed by atoms with Gasteiger partial charge in [0.2, 0.25) is 0 Å². The highest BCUT2D eigenvalue weighted by Gasteiger charge is 2.08. The Labute approximate surface area is 151 Å². The summed E-state index contributed by atoms with van der Waals surface area (Å²) in [6.07, 6.45) is 0. The van der Waals surface area contributed by atoms with E-state index in [4.69, 9.17) is 0 Å². The average molecular weight is 346 g/mol. The fourth-order valence-corrected chi connectivity index (χ4v) is 2.52. The fourth-order valence-electron chi connectivity index (χ4n) is 2.52. The summed E-state index contributed by atoms with van der Waals surface area (Å²) in [5.74, 6) is -0.892. The van der Waals surface area contributed by atoms with Crippen molar-refractivity contribution in [3.8, 4) is 22.6 Å². The Bertz CT molecular complexity index is 929. The fraction of sp³-hybridized carbons (Fsp3) is 0.0476. The number of hydrazone groups is 1. The summed E-state index contributed by atoms with van der Waals surface area (Å²) in [5, 5.41) is 23.0. The largest absolute Gasteiger partial charge is 0.508 e. The Kier molecular flexibility index (Phi) is 4.99. The maximum atomic E-state index is 12.1. The molecule has 0 unspecified atom stereocenters. The number of phenols is 2. The molecule has 0 fully saturated rings. The number of benzene rings is 3. The Hall–Kier alpha value is -3.60. The molecule has 5 heteroatoms. The quantitative estimate of drug-likeness (QED) is 0.495. The van der Waals surface area contributed by atoms with Gasteiger partial charge in [-0.3, -0.25) is 4.79 Å². The molecule has 0 saturated carbocycles. The number of amides is 1.